The van der Waals surface area contributed by atoms with Crippen molar-refractivity contribution in [3.63, 3.8) is 0 Å². The van der Waals surface area contributed by atoms with E-state index < -0.39 is 0 Å². The summed E-state index contributed by atoms with van der Waals surface area (Å²) in [5, 5.41) is 3.69. The van der Waals surface area contributed by atoms with Crippen LogP contribution < -0.4 is 5.32 Å². The molecule has 0 aromatic heterocycles. The lowest BCUT2D eigenvalue weighted by Gasteiger charge is -2.39. The summed E-state index contributed by atoms with van der Waals surface area (Å²) in [6, 6.07) is 0.710. The SMILES string of the molecule is COCCN[C@H]1C[C@H]2CC[C@@]1(C)C2(C)C. The maximum atomic E-state index is 5.10. The second-order valence-electron chi connectivity index (χ2n) is 6.11. The topological polar surface area (TPSA) is 21.3 Å². The predicted molar refractivity (Wildman–Crippen MR) is 62.9 cm³/mol. The van der Waals surface area contributed by atoms with E-state index in [9.17, 15) is 0 Å². The Kier molecular flexibility index (Phi) is 2.85. The fraction of sp³-hybridized carbons (Fsp3) is 1.00. The van der Waals surface area contributed by atoms with Crippen molar-refractivity contribution in [1.29, 1.82) is 0 Å². The largest absolute Gasteiger partial charge is 0.383 e. The number of methoxy groups -OCH3 is 1. The Bertz CT molecular complexity index is 239. The Morgan fingerprint density at radius 2 is 2.07 bits per heavy atom. The Labute approximate surface area is 93.8 Å². The molecule has 2 aliphatic carbocycles. The van der Waals surface area contributed by atoms with E-state index in [1.54, 1.807) is 7.11 Å². The van der Waals surface area contributed by atoms with Crippen LogP contribution in [0, 0.1) is 16.7 Å². The third-order valence-electron chi connectivity index (χ3n) is 5.49. The van der Waals surface area contributed by atoms with Gasteiger partial charge in [0.2, 0.25) is 0 Å². The number of hydrogen-bond donors (Lipinski definition) is 1. The van der Waals surface area contributed by atoms with E-state index in [4.69, 9.17) is 4.74 Å². The number of ether oxygens (including phenoxy) is 1. The fourth-order valence-electron chi connectivity index (χ4n) is 3.85. The molecule has 15 heavy (non-hydrogen) atoms. The average molecular weight is 211 g/mol. The maximum absolute atomic E-state index is 5.10. The molecule has 2 bridgehead atoms. The van der Waals surface area contributed by atoms with Gasteiger partial charge in [-0.05, 0) is 36.0 Å². The van der Waals surface area contributed by atoms with Gasteiger partial charge in [-0.15, -0.1) is 0 Å². The Morgan fingerprint density at radius 1 is 1.33 bits per heavy atom. The highest BCUT2D eigenvalue weighted by Crippen LogP contribution is 2.65. The highest BCUT2D eigenvalue weighted by Gasteiger charge is 2.60. The molecule has 2 saturated carbocycles. The second kappa shape index (κ2) is 3.74. The van der Waals surface area contributed by atoms with Gasteiger partial charge in [-0.25, -0.2) is 0 Å². The van der Waals surface area contributed by atoms with Crippen molar-refractivity contribution in [2.75, 3.05) is 20.3 Å². The normalized spacial score (nSPS) is 42.4. The van der Waals surface area contributed by atoms with Gasteiger partial charge in [0, 0.05) is 19.7 Å². The molecule has 2 rings (SSSR count). The number of rotatable bonds is 4. The molecule has 0 unspecified atom stereocenters. The van der Waals surface area contributed by atoms with Gasteiger partial charge in [0.25, 0.3) is 0 Å². The number of nitrogens with one attached hydrogen (secondary N) is 1. The molecule has 2 fully saturated rings. The summed E-state index contributed by atoms with van der Waals surface area (Å²) in [5.74, 6) is 0.933. The first-order valence-electron chi connectivity index (χ1n) is 6.24. The summed E-state index contributed by atoms with van der Waals surface area (Å²) in [6.45, 7) is 9.23. The zero-order valence-electron chi connectivity index (χ0n) is 10.6. The lowest BCUT2D eigenvalue weighted by atomic mass is 9.69. The zero-order valence-corrected chi connectivity index (χ0v) is 10.6. The first kappa shape index (κ1) is 11.4. The van der Waals surface area contributed by atoms with E-state index in [2.05, 4.69) is 26.1 Å². The second-order valence-corrected chi connectivity index (χ2v) is 6.11. The predicted octanol–water partition coefficient (Wildman–Crippen LogP) is 2.44. The van der Waals surface area contributed by atoms with Gasteiger partial charge in [0.05, 0.1) is 6.61 Å². The molecule has 0 aromatic rings. The molecule has 0 aromatic carbocycles. The molecule has 1 N–H and O–H groups in total. The summed E-state index contributed by atoms with van der Waals surface area (Å²) in [4.78, 5) is 0. The minimum Gasteiger partial charge on any atom is -0.383 e. The first-order valence-corrected chi connectivity index (χ1v) is 6.24. The van der Waals surface area contributed by atoms with Crippen molar-refractivity contribution < 1.29 is 4.74 Å². The van der Waals surface area contributed by atoms with Gasteiger partial charge >= 0.3 is 0 Å². The van der Waals surface area contributed by atoms with Crippen LogP contribution in [0.25, 0.3) is 0 Å². The lowest BCUT2D eigenvalue weighted by molar-refractivity contribution is 0.114. The molecule has 0 amide bonds. The molecule has 2 nitrogen and oxygen atoms in total. The van der Waals surface area contributed by atoms with E-state index in [1.807, 2.05) is 0 Å². The van der Waals surface area contributed by atoms with Crippen LogP contribution in [0.2, 0.25) is 0 Å². The molecule has 0 radical (unpaired) electrons. The summed E-state index contributed by atoms with van der Waals surface area (Å²) in [5.41, 5.74) is 1.03. The van der Waals surface area contributed by atoms with E-state index >= 15 is 0 Å². The Hall–Kier alpha value is -0.0800. The van der Waals surface area contributed by atoms with Crippen LogP contribution >= 0.6 is 0 Å². The van der Waals surface area contributed by atoms with Crippen LogP contribution in [-0.4, -0.2) is 26.3 Å². The van der Waals surface area contributed by atoms with Crippen LogP contribution in [0.4, 0.5) is 0 Å². The molecule has 0 spiro atoms. The third kappa shape index (κ3) is 1.53. The number of fused-ring (bicyclic) bond motifs is 2. The van der Waals surface area contributed by atoms with E-state index in [0.29, 0.717) is 16.9 Å². The molecule has 3 atom stereocenters. The summed E-state index contributed by atoms with van der Waals surface area (Å²) in [6.07, 6.45) is 4.20. The van der Waals surface area contributed by atoms with Crippen molar-refractivity contribution in [1.82, 2.24) is 5.32 Å². The smallest absolute Gasteiger partial charge is 0.0587 e. The van der Waals surface area contributed by atoms with Crippen molar-refractivity contribution >= 4 is 0 Å². The molecule has 88 valence electrons. The van der Waals surface area contributed by atoms with Crippen LogP contribution in [0.5, 0.6) is 0 Å². The monoisotopic (exact) mass is 211 g/mol. The van der Waals surface area contributed by atoms with Crippen LogP contribution in [0.3, 0.4) is 0 Å². The van der Waals surface area contributed by atoms with Gasteiger partial charge in [0.15, 0.2) is 0 Å². The van der Waals surface area contributed by atoms with Gasteiger partial charge in [-0.3, -0.25) is 0 Å². The molecular weight excluding hydrogens is 186 g/mol. The molecule has 2 heteroatoms. The van der Waals surface area contributed by atoms with Crippen molar-refractivity contribution in [3.05, 3.63) is 0 Å². The highest BCUT2D eigenvalue weighted by atomic mass is 16.5. The van der Waals surface area contributed by atoms with Crippen LogP contribution in [-0.2, 0) is 4.74 Å². The molecule has 2 aliphatic rings. The van der Waals surface area contributed by atoms with Crippen LogP contribution in [0.15, 0.2) is 0 Å². The summed E-state index contributed by atoms with van der Waals surface area (Å²) >= 11 is 0. The van der Waals surface area contributed by atoms with Gasteiger partial charge in [-0.2, -0.15) is 0 Å². The minimum absolute atomic E-state index is 0.505. The molecule has 0 saturated heterocycles. The van der Waals surface area contributed by atoms with Gasteiger partial charge in [-0.1, -0.05) is 20.8 Å². The molecule has 0 aliphatic heterocycles. The molecular formula is C13H25NO. The average Bonchev–Trinajstić information content (AvgIpc) is 2.51. The van der Waals surface area contributed by atoms with Gasteiger partial charge < -0.3 is 10.1 Å². The van der Waals surface area contributed by atoms with E-state index in [-0.39, 0.29) is 0 Å². The van der Waals surface area contributed by atoms with Crippen molar-refractivity contribution in [3.8, 4) is 0 Å². The standard InChI is InChI=1S/C13H25NO/c1-12(2)10-5-6-13(12,3)11(9-10)14-7-8-15-4/h10-11,14H,5-9H2,1-4H3/t10-,11+,13-/m1/s1. The van der Waals surface area contributed by atoms with Gasteiger partial charge in [0.1, 0.15) is 0 Å². The van der Waals surface area contributed by atoms with Crippen molar-refractivity contribution in [2.45, 2.75) is 46.1 Å². The third-order valence-corrected chi connectivity index (χ3v) is 5.49. The summed E-state index contributed by atoms with van der Waals surface area (Å²) in [7, 11) is 1.77. The fourth-order valence-corrected chi connectivity index (χ4v) is 3.85. The van der Waals surface area contributed by atoms with Crippen LogP contribution in [0.1, 0.15) is 40.0 Å². The minimum atomic E-state index is 0.505. The van der Waals surface area contributed by atoms with Crippen molar-refractivity contribution in [2.24, 2.45) is 16.7 Å². The highest BCUT2D eigenvalue weighted by molar-refractivity contribution is 5.12. The Balaban J connectivity index is 1.99. The maximum Gasteiger partial charge on any atom is 0.0587 e. The Morgan fingerprint density at radius 3 is 2.53 bits per heavy atom. The number of hydrogen-bond acceptors (Lipinski definition) is 2. The molecule has 0 heterocycles. The zero-order chi connectivity index (χ0) is 11.1. The lowest BCUT2D eigenvalue weighted by Crippen LogP contribution is -2.45. The quantitative estimate of drug-likeness (QED) is 0.721. The van der Waals surface area contributed by atoms with E-state index in [0.717, 1.165) is 19.1 Å². The first-order chi connectivity index (χ1) is 7.02. The summed E-state index contributed by atoms with van der Waals surface area (Å²) < 4.78 is 5.10. The van der Waals surface area contributed by atoms with E-state index in [1.165, 1.54) is 19.3 Å².